The molecule has 0 spiro atoms. The van der Waals surface area contributed by atoms with Gasteiger partial charge in [-0.3, -0.25) is 25.2 Å². The first kappa shape index (κ1) is 20.7. The molecule has 30 heavy (non-hydrogen) atoms. The summed E-state index contributed by atoms with van der Waals surface area (Å²) in [6, 6.07) is 8.44. The third-order valence-electron chi connectivity index (χ3n) is 4.14. The SMILES string of the molecule is CCc1c(C(=O)NNC(=O)[C@@H](C)Oc2ccccc2F)cnn1-c1ccc(=O)[nH]n1. The molecular weight excluding hydrogens is 395 g/mol. The fourth-order valence-electron chi connectivity index (χ4n) is 2.63. The number of hydrazine groups is 1. The van der Waals surface area contributed by atoms with Gasteiger partial charge in [-0.25, -0.2) is 14.2 Å². The predicted molar refractivity (Wildman–Crippen MR) is 103 cm³/mol. The first-order valence-corrected chi connectivity index (χ1v) is 9.05. The Morgan fingerprint density at radius 3 is 2.67 bits per heavy atom. The minimum absolute atomic E-state index is 0.0746. The molecule has 2 heterocycles. The summed E-state index contributed by atoms with van der Waals surface area (Å²) < 4.78 is 20.3. The highest BCUT2D eigenvalue weighted by molar-refractivity contribution is 5.96. The van der Waals surface area contributed by atoms with Crippen LogP contribution in [-0.4, -0.2) is 37.9 Å². The molecule has 2 amide bonds. The summed E-state index contributed by atoms with van der Waals surface area (Å²) in [6.07, 6.45) is 0.706. The Kier molecular flexibility index (Phi) is 6.20. The van der Waals surface area contributed by atoms with Gasteiger partial charge in [-0.2, -0.15) is 10.2 Å². The number of hydrogen-bond donors (Lipinski definition) is 3. The predicted octanol–water partition coefficient (Wildman–Crippen LogP) is 0.886. The lowest BCUT2D eigenvalue weighted by Gasteiger charge is -2.15. The van der Waals surface area contributed by atoms with E-state index in [2.05, 4.69) is 26.1 Å². The molecule has 0 fully saturated rings. The van der Waals surface area contributed by atoms with Crippen LogP contribution in [0.2, 0.25) is 0 Å². The van der Waals surface area contributed by atoms with Crippen LogP contribution in [0.1, 0.15) is 29.9 Å². The molecule has 0 aliphatic rings. The van der Waals surface area contributed by atoms with Crippen molar-refractivity contribution >= 4 is 11.8 Å². The van der Waals surface area contributed by atoms with E-state index in [1.165, 1.54) is 48.1 Å². The van der Waals surface area contributed by atoms with E-state index in [9.17, 15) is 18.8 Å². The fourth-order valence-corrected chi connectivity index (χ4v) is 2.63. The Hall–Kier alpha value is -4.02. The second-order valence-corrected chi connectivity index (χ2v) is 6.18. The van der Waals surface area contributed by atoms with Crippen molar-refractivity contribution in [1.29, 1.82) is 0 Å². The summed E-state index contributed by atoms with van der Waals surface area (Å²) >= 11 is 0. The van der Waals surface area contributed by atoms with E-state index < -0.39 is 23.7 Å². The summed E-state index contributed by atoms with van der Waals surface area (Å²) in [5.41, 5.74) is 4.90. The van der Waals surface area contributed by atoms with Gasteiger partial charge in [0.25, 0.3) is 17.4 Å². The summed E-state index contributed by atoms with van der Waals surface area (Å²) in [7, 11) is 0. The topological polar surface area (TPSA) is 131 Å². The number of nitrogens with zero attached hydrogens (tertiary/aromatic N) is 3. The van der Waals surface area contributed by atoms with Gasteiger partial charge in [-0.05, 0) is 31.5 Å². The van der Waals surface area contributed by atoms with Crippen LogP contribution in [0.15, 0.2) is 47.4 Å². The van der Waals surface area contributed by atoms with Gasteiger partial charge in [-0.15, -0.1) is 0 Å². The Morgan fingerprint density at radius 2 is 2.00 bits per heavy atom. The first-order chi connectivity index (χ1) is 14.4. The van der Waals surface area contributed by atoms with Crippen LogP contribution in [0.25, 0.3) is 5.82 Å². The molecule has 2 aromatic heterocycles. The average Bonchev–Trinajstić information content (AvgIpc) is 3.18. The fraction of sp³-hybridized carbons (Fsp3) is 0.211. The smallest absolute Gasteiger partial charge is 0.279 e. The zero-order valence-electron chi connectivity index (χ0n) is 16.2. The number of benzene rings is 1. The molecule has 0 saturated heterocycles. The highest BCUT2D eigenvalue weighted by Gasteiger charge is 2.21. The number of hydrogen-bond acceptors (Lipinski definition) is 6. The average molecular weight is 414 g/mol. The van der Waals surface area contributed by atoms with Crippen LogP contribution in [-0.2, 0) is 11.2 Å². The van der Waals surface area contributed by atoms with Gasteiger partial charge in [0.2, 0.25) is 0 Å². The highest BCUT2D eigenvalue weighted by Crippen LogP contribution is 2.17. The van der Waals surface area contributed by atoms with Crippen molar-refractivity contribution in [2.45, 2.75) is 26.4 Å². The maximum atomic E-state index is 13.6. The largest absolute Gasteiger partial charge is 0.478 e. The third kappa shape index (κ3) is 4.51. The second kappa shape index (κ2) is 8.99. The van der Waals surface area contributed by atoms with Crippen molar-refractivity contribution in [3.63, 3.8) is 0 Å². The van der Waals surface area contributed by atoms with Crippen LogP contribution in [0.5, 0.6) is 5.75 Å². The monoisotopic (exact) mass is 414 g/mol. The Labute approximate surface area is 170 Å². The molecule has 3 N–H and O–H groups in total. The van der Waals surface area contributed by atoms with Gasteiger partial charge in [0.05, 0.1) is 17.5 Å². The van der Waals surface area contributed by atoms with E-state index in [0.717, 1.165) is 0 Å². The molecule has 0 radical (unpaired) electrons. The lowest BCUT2D eigenvalue weighted by Crippen LogP contribution is -2.47. The number of halogens is 1. The molecule has 1 atom stereocenters. The minimum Gasteiger partial charge on any atom is -0.478 e. The number of aromatic amines is 1. The molecule has 3 aromatic rings. The van der Waals surface area contributed by atoms with Crippen LogP contribution in [0, 0.1) is 5.82 Å². The van der Waals surface area contributed by atoms with Crippen LogP contribution in [0.4, 0.5) is 4.39 Å². The van der Waals surface area contributed by atoms with E-state index in [-0.39, 0.29) is 16.9 Å². The van der Waals surface area contributed by atoms with Crippen molar-refractivity contribution in [3.05, 3.63) is 70.0 Å². The normalized spacial score (nSPS) is 11.6. The molecule has 156 valence electrons. The van der Waals surface area contributed by atoms with Gasteiger partial charge in [0.15, 0.2) is 23.5 Å². The molecule has 0 saturated carbocycles. The quantitative estimate of drug-likeness (QED) is 0.514. The van der Waals surface area contributed by atoms with Crippen LogP contribution in [0.3, 0.4) is 0 Å². The summed E-state index contributed by atoms with van der Waals surface area (Å²) in [4.78, 5) is 35.8. The standard InChI is InChI=1S/C19H19FN6O4/c1-3-14-12(10-21-26(14)16-8-9-17(27)23-22-16)19(29)25-24-18(28)11(2)30-15-7-5-4-6-13(15)20/h4-11H,3H2,1-2H3,(H,23,27)(H,24,28)(H,25,29)/t11-/m1/s1. The Balaban J connectivity index is 1.66. The number of amides is 2. The first-order valence-electron chi connectivity index (χ1n) is 9.05. The van der Waals surface area contributed by atoms with Crippen molar-refractivity contribution in [2.24, 2.45) is 0 Å². The minimum atomic E-state index is -1.05. The molecule has 0 unspecified atom stereocenters. The summed E-state index contributed by atoms with van der Waals surface area (Å²) in [5, 5.41) is 10.3. The maximum Gasteiger partial charge on any atom is 0.279 e. The number of para-hydroxylation sites is 1. The van der Waals surface area contributed by atoms with Gasteiger partial charge in [0, 0.05) is 6.07 Å². The maximum absolute atomic E-state index is 13.6. The molecule has 10 nitrogen and oxygen atoms in total. The number of nitrogens with one attached hydrogen (secondary N) is 3. The molecule has 0 aliphatic carbocycles. The van der Waals surface area contributed by atoms with Gasteiger partial charge in [0.1, 0.15) is 0 Å². The molecule has 3 rings (SSSR count). The number of carbonyl (C=O) groups is 2. The number of H-pyrrole nitrogens is 1. The van der Waals surface area contributed by atoms with E-state index in [1.807, 2.05) is 6.92 Å². The van der Waals surface area contributed by atoms with Crippen molar-refractivity contribution in [1.82, 2.24) is 30.8 Å². The van der Waals surface area contributed by atoms with Gasteiger partial charge >= 0.3 is 0 Å². The molecular formula is C19H19FN6O4. The highest BCUT2D eigenvalue weighted by atomic mass is 19.1. The van der Waals surface area contributed by atoms with E-state index in [1.54, 1.807) is 6.07 Å². The number of aromatic nitrogens is 4. The molecule has 11 heteroatoms. The van der Waals surface area contributed by atoms with Crippen LogP contribution < -0.4 is 21.1 Å². The summed E-state index contributed by atoms with van der Waals surface area (Å²) in [5.74, 6) is -1.61. The van der Waals surface area contributed by atoms with Crippen molar-refractivity contribution in [3.8, 4) is 11.6 Å². The van der Waals surface area contributed by atoms with Crippen LogP contribution >= 0.6 is 0 Å². The van der Waals surface area contributed by atoms with Crippen molar-refractivity contribution < 1.29 is 18.7 Å². The lowest BCUT2D eigenvalue weighted by molar-refractivity contribution is -0.128. The second-order valence-electron chi connectivity index (χ2n) is 6.18. The zero-order chi connectivity index (χ0) is 21.7. The van der Waals surface area contributed by atoms with Gasteiger partial charge in [-0.1, -0.05) is 19.1 Å². The summed E-state index contributed by atoms with van der Waals surface area (Å²) in [6.45, 7) is 3.24. The Morgan fingerprint density at radius 1 is 1.23 bits per heavy atom. The van der Waals surface area contributed by atoms with E-state index in [4.69, 9.17) is 4.74 Å². The molecule has 0 bridgehead atoms. The van der Waals surface area contributed by atoms with Crippen molar-refractivity contribution in [2.75, 3.05) is 0 Å². The zero-order valence-corrected chi connectivity index (χ0v) is 16.2. The third-order valence-corrected chi connectivity index (χ3v) is 4.14. The van der Waals surface area contributed by atoms with E-state index >= 15 is 0 Å². The molecule has 1 aromatic carbocycles. The Bertz CT molecular complexity index is 1110. The number of carbonyl (C=O) groups excluding carboxylic acids is 2. The molecule has 0 aliphatic heterocycles. The number of rotatable bonds is 6. The number of ether oxygens (including phenoxy) is 1. The van der Waals surface area contributed by atoms with E-state index in [0.29, 0.717) is 17.9 Å². The van der Waals surface area contributed by atoms with Gasteiger partial charge < -0.3 is 4.74 Å². The lowest BCUT2D eigenvalue weighted by atomic mass is 10.2.